The zero-order chi connectivity index (χ0) is 21.7. The first-order chi connectivity index (χ1) is 14.4. The fourth-order valence-electron chi connectivity index (χ4n) is 4.28. The summed E-state index contributed by atoms with van der Waals surface area (Å²) in [6.45, 7) is 3.96. The van der Waals surface area contributed by atoms with Gasteiger partial charge in [0.05, 0.1) is 6.61 Å². The number of ether oxygens (including phenoxy) is 1. The molecule has 3 rings (SSSR count). The maximum Gasteiger partial charge on any atom is 0.201 e. The zero-order valence-corrected chi connectivity index (χ0v) is 17.7. The van der Waals surface area contributed by atoms with Gasteiger partial charge in [0, 0.05) is 11.1 Å². The average Bonchev–Trinajstić information content (AvgIpc) is 2.75. The molecule has 2 aromatic rings. The van der Waals surface area contributed by atoms with Crippen molar-refractivity contribution in [2.75, 3.05) is 6.61 Å². The van der Waals surface area contributed by atoms with Crippen molar-refractivity contribution in [1.82, 2.24) is 0 Å². The van der Waals surface area contributed by atoms with Crippen molar-refractivity contribution in [3.05, 3.63) is 53.1 Å². The van der Waals surface area contributed by atoms with E-state index in [0.29, 0.717) is 12.5 Å². The van der Waals surface area contributed by atoms with Gasteiger partial charge in [-0.05, 0) is 49.3 Å². The highest BCUT2D eigenvalue weighted by atomic mass is 19.2. The molecule has 0 bridgehead atoms. The number of hydrogen-bond donors (Lipinski definition) is 0. The fraction of sp³-hybridized carbons (Fsp3) is 0.520. The van der Waals surface area contributed by atoms with Gasteiger partial charge in [0.2, 0.25) is 5.82 Å². The molecule has 1 saturated carbocycles. The van der Waals surface area contributed by atoms with Crippen LogP contribution < -0.4 is 4.74 Å². The third-order valence-electron chi connectivity index (χ3n) is 6.27. The molecule has 0 spiro atoms. The van der Waals surface area contributed by atoms with Gasteiger partial charge in [0.1, 0.15) is 0 Å². The Balaban J connectivity index is 1.61. The molecular formula is C25H30F4O. The molecule has 0 amide bonds. The second-order valence-electron chi connectivity index (χ2n) is 8.49. The minimum atomic E-state index is -1.23. The third kappa shape index (κ3) is 5.16. The highest BCUT2D eigenvalue weighted by Gasteiger charge is 2.24. The molecule has 1 fully saturated rings. The SMILES string of the molecule is CCCCCC1CCC(COc2ccc(-c3ccc(C)c(F)c3F)c(F)c2F)CC1. The smallest absolute Gasteiger partial charge is 0.201 e. The number of benzene rings is 2. The summed E-state index contributed by atoms with van der Waals surface area (Å²) in [4.78, 5) is 0. The predicted octanol–water partition coefficient (Wildman–Crippen LogP) is 7.98. The highest BCUT2D eigenvalue weighted by Crippen LogP contribution is 2.35. The number of unbranched alkanes of at least 4 members (excludes halogenated alkanes) is 2. The third-order valence-corrected chi connectivity index (χ3v) is 6.27. The fourth-order valence-corrected chi connectivity index (χ4v) is 4.28. The van der Waals surface area contributed by atoms with Gasteiger partial charge in [-0.15, -0.1) is 0 Å². The van der Waals surface area contributed by atoms with Gasteiger partial charge < -0.3 is 4.74 Å². The van der Waals surface area contributed by atoms with E-state index in [1.807, 2.05) is 0 Å². The van der Waals surface area contributed by atoms with Crippen LogP contribution in [0.25, 0.3) is 11.1 Å². The highest BCUT2D eigenvalue weighted by molar-refractivity contribution is 5.66. The van der Waals surface area contributed by atoms with Crippen LogP contribution in [0, 0.1) is 42.0 Å². The lowest BCUT2D eigenvalue weighted by Gasteiger charge is -2.28. The van der Waals surface area contributed by atoms with Crippen molar-refractivity contribution in [2.45, 2.75) is 65.2 Å². The van der Waals surface area contributed by atoms with Gasteiger partial charge in [-0.1, -0.05) is 57.6 Å². The summed E-state index contributed by atoms with van der Waals surface area (Å²) in [5.74, 6) is -3.72. The van der Waals surface area contributed by atoms with E-state index in [1.165, 1.54) is 56.9 Å². The maximum atomic E-state index is 14.6. The Morgan fingerprint density at radius 1 is 0.767 bits per heavy atom. The summed E-state index contributed by atoms with van der Waals surface area (Å²) in [6.07, 6.45) is 9.46. The standard InChI is InChI=1S/C25H30F4O/c1-3-4-5-6-17-8-10-18(11-9-17)15-30-21-14-13-20(24(28)25(21)29)19-12-7-16(2)22(26)23(19)27/h7,12-14,17-18H,3-6,8-11,15H2,1-2H3. The Morgan fingerprint density at radius 3 is 2.03 bits per heavy atom. The number of halogens is 4. The summed E-state index contributed by atoms with van der Waals surface area (Å²) in [5, 5.41) is 0. The number of hydrogen-bond acceptors (Lipinski definition) is 1. The van der Waals surface area contributed by atoms with E-state index in [0.717, 1.165) is 31.6 Å². The van der Waals surface area contributed by atoms with Crippen LogP contribution in [0.3, 0.4) is 0 Å². The Morgan fingerprint density at radius 2 is 1.37 bits per heavy atom. The Labute approximate surface area is 176 Å². The molecule has 0 atom stereocenters. The first-order valence-electron chi connectivity index (χ1n) is 11.0. The minimum absolute atomic E-state index is 0.108. The molecular weight excluding hydrogens is 392 g/mol. The summed E-state index contributed by atoms with van der Waals surface area (Å²) in [7, 11) is 0. The Kier molecular flexibility index (Phi) is 7.79. The van der Waals surface area contributed by atoms with Crippen LogP contribution >= 0.6 is 0 Å². The second kappa shape index (κ2) is 10.3. The van der Waals surface area contributed by atoms with E-state index in [-0.39, 0.29) is 22.4 Å². The van der Waals surface area contributed by atoms with Crippen LogP contribution in [0.1, 0.15) is 63.9 Å². The molecule has 2 aromatic carbocycles. The molecule has 0 aliphatic heterocycles. The lowest BCUT2D eigenvalue weighted by atomic mass is 9.80. The first kappa shape index (κ1) is 22.6. The minimum Gasteiger partial charge on any atom is -0.490 e. The van der Waals surface area contributed by atoms with Crippen LogP contribution in [0.2, 0.25) is 0 Å². The maximum absolute atomic E-state index is 14.6. The van der Waals surface area contributed by atoms with Crippen LogP contribution in [-0.4, -0.2) is 6.61 Å². The Hall–Kier alpha value is -2.04. The molecule has 1 nitrogen and oxygen atoms in total. The molecule has 0 heterocycles. The second-order valence-corrected chi connectivity index (χ2v) is 8.49. The van der Waals surface area contributed by atoms with Crippen molar-refractivity contribution in [3.63, 3.8) is 0 Å². The average molecular weight is 423 g/mol. The largest absolute Gasteiger partial charge is 0.490 e. The normalized spacial score (nSPS) is 19.1. The molecule has 30 heavy (non-hydrogen) atoms. The van der Waals surface area contributed by atoms with Gasteiger partial charge in [-0.3, -0.25) is 0 Å². The quantitative estimate of drug-likeness (QED) is 0.309. The van der Waals surface area contributed by atoms with Gasteiger partial charge in [0.15, 0.2) is 23.2 Å². The van der Waals surface area contributed by atoms with E-state index in [9.17, 15) is 17.6 Å². The van der Waals surface area contributed by atoms with Gasteiger partial charge >= 0.3 is 0 Å². The summed E-state index contributed by atoms with van der Waals surface area (Å²) >= 11 is 0. The summed E-state index contributed by atoms with van der Waals surface area (Å²) < 4.78 is 62.7. The van der Waals surface area contributed by atoms with E-state index in [2.05, 4.69) is 6.92 Å². The van der Waals surface area contributed by atoms with Crippen LogP contribution in [0.5, 0.6) is 5.75 Å². The first-order valence-corrected chi connectivity index (χ1v) is 11.0. The zero-order valence-electron chi connectivity index (χ0n) is 17.7. The molecule has 0 unspecified atom stereocenters. The lowest BCUT2D eigenvalue weighted by Crippen LogP contribution is -2.20. The van der Waals surface area contributed by atoms with Crippen molar-refractivity contribution < 1.29 is 22.3 Å². The van der Waals surface area contributed by atoms with Gasteiger partial charge in [-0.2, -0.15) is 4.39 Å². The number of rotatable bonds is 8. The van der Waals surface area contributed by atoms with Crippen molar-refractivity contribution >= 4 is 0 Å². The van der Waals surface area contributed by atoms with Gasteiger partial charge in [-0.25, -0.2) is 13.2 Å². The van der Waals surface area contributed by atoms with Gasteiger partial charge in [0.25, 0.3) is 0 Å². The van der Waals surface area contributed by atoms with Crippen molar-refractivity contribution in [3.8, 4) is 16.9 Å². The summed E-state index contributed by atoms with van der Waals surface area (Å²) in [5.41, 5.74) is -0.511. The van der Waals surface area contributed by atoms with Crippen LogP contribution in [-0.2, 0) is 0 Å². The molecule has 1 aliphatic rings. The Bertz CT molecular complexity index is 857. The molecule has 164 valence electrons. The van der Waals surface area contributed by atoms with E-state index in [1.54, 1.807) is 0 Å². The predicted molar refractivity (Wildman–Crippen MR) is 112 cm³/mol. The molecule has 0 saturated heterocycles. The van der Waals surface area contributed by atoms with Crippen LogP contribution in [0.4, 0.5) is 17.6 Å². The molecule has 1 aliphatic carbocycles. The van der Waals surface area contributed by atoms with Crippen molar-refractivity contribution in [2.24, 2.45) is 11.8 Å². The van der Waals surface area contributed by atoms with E-state index >= 15 is 0 Å². The van der Waals surface area contributed by atoms with E-state index in [4.69, 9.17) is 4.74 Å². The molecule has 0 aromatic heterocycles. The van der Waals surface area contributed by atoms with E-state index < -0.39 is 23.3 Å². The lowest BCUT2D eigenvalue weighted by molar-refractivity contribution is 0.172. The topological polar surface area (TPSA) is 9.23 Å². The summed E-state index contributed by atoms with van der Waals surface area (Å²) in [6, 6.07) is 5.13. The monoisotopic (exact) mass is 422 g/mol. The number of aryl methyl sites for hydroxylation is 1. The molecule has 0 radical (unpaired) electrons. The van der Waals surface area contributed by atoms with Crippen molar-refractivity contribution in [1.29, 1.82) is 0 Å². The van der Waals surface area contributed by atoms with Crippen LogP contribution in [0.15, 0.2) is 24.3 Å². The molecule has 0 N–H and O–H groups in total. The molecule has 5 heteroatoms.